The van der Waals surface area contributed by atoms with Crippen molar-refractivity contribution >= 4 is 11.4 Å². The zero-order chi connectivity index (χ0) is 16.2. The van der Waals surface area contributed by atoms with Crippen LogP contribution in [0.4, 0.5) is 15.8 Å². The highest BCUT2D eigenvalue weighted by Gasteiger charge is 2.15. The summed E-state index contributed by atoms with van der Waals surface area (Å²) in [6.45, 7) is 0. The summed E-state index contributed by atoms with van der Waals surface area (Å²) in [7, 11) is 1.53. The molecule has 0 atom stereocenters. The molecule has 23 heavy (non-hydrogen) atoms. The SMILES string of the molecule is COc1ccccc1-c1[nH][nH]c(=O)c1N=Nc1ccccc1F. The third kappa shape index (κ3) is 2.89. The molecule has 1 heterocycles. The summed E-state index contributed by atoms with van der Waals surface area (Å²) in [5.74, 6) is 0.0622. The fourth-order valence-corrected chi connectivity index (χ4v) is 2.13. The van der Waals surface area contributed by atoms with Gasteiger partial charge in [-0.3, -0.25) is 15.0 Å². The molecule has 0 saturated heterocycles. The van der Waals surface area contributed by atoms with Crippen LogP contribution in [-0.4, -0.2) is 17.3 Å². The Labute approximate surface area is 130 Å². The number of benzene rings is 2. The van der Waals surface area contributed by atoms with Crippen LogP contribution < -0.4 is 10.3 Å². The van der Waals surface area contributed by atoms with Crippen molar-refractivity contribution in [2.75, 3.05) is 7.11 Å². The van der Waals surface area contributed by atoms with Gasteiger partial charge in [0.15, 0.2) is 11.5 Å². The van der Waals surface area contributed by atoms with Crippen LogP contribution in [0.3, 0.4) is 0 Å². The van der Waals surface area contributed by atoms with Crippen LogP contribution in [0.1, 0.15) is 0 Å². The minimum absolute atomic E-state index is 0.0535. The molecule has 2 N–H and O–H groups in total. The lowest BCUT2D eigenvalue weighted by atomic mass is 10.1. The molecule has 7 heteroatoms. The number of azo groups is 1. The van der Waals surface area contributed by atoms with Gasteiger partial charge in [-0.15, -0.1) is 10.2 Å². The van der Waals surface area contributed by atoms with Gasteiger partial charge in [-0.1, -0.05) is 24.3 Å². The number of para-hydroxylation sites is 1. The molecule has 6 nitrogen and oxygen atoms in total. The molecular weight excluding hydrogens is 299 g/mol. The second-order valence-electron chi connectivity index (χ2n) is 4.65. The van der Waals surface area contributed by atoms with E-state index < -0.39 is 11.4 Å². The minimum Gasteiger partial charge on any atom is -0.496 e. The van der Waals surface area contributed by atoms with E-state index in [9.17, 15) is 9.18 Å². The molecule has 0 spiro atoms. The van der Waals surface area contributed by atoms with Gasteiger partial charge in [0.05, 0.1) is 12.8 Å². The van der Waals surface area contributed by atoms with Crippen LogP contribution in [0.15, 0.2) is 63.6 Å². The monoisotopic (exact) mass is 312 g/mol. The molecule has 0 aliphatic carbocycles. The average Bonchev–Trinajstić information content (AvgIpc) is 2.95. The Morgan fingerprint density at radius 2 is 1.74 bits per heavy atom. The number of aromatic nitrogens is 2. The lowest BCUT2D eigenvalue weighted by molar-refractivity contribution is 0.416. The lowest BCUT2D eigenvalue weighted by Crippen LogP contribution is -1.96. The van der Waals surface area contributed by atoms with Crippen LogP contribution in [0.5, 0.6) is 5.75 Å². The van der Waals surface area contributed by atoms with E-state index in [0.717, 1.165) is 0 Å². The maximum absolute atomic E-state index is 13.6. The van der Waals surface area contributed by atoms with Gasteiger partial charge in [-0.2, -0.15) is 0 Å². The van der Waals surface area contributed by atoms with E-state index in [1.807, 2.05) is 6.07 Å². The highest BCUT2D eigenvalue weighted by atomic mass is 19.1. The highest BCUT2D eigenvalue weighted by Crippen LogP contribution is 2.33. The van der Waals surface area contributed by atoms with Gasteiger partial charge in [-0.25, -0.2) is 4.39 Å². The summed E-state index contributed by atoms with van der Waals surface area (Å²) < 4.78 is 18.9. The first-order chi connectivity index (χ1) is 11.2. The number of nitrogens with zero attached hydrogens (tertiary/aromatic N) is 2. The van der Waals surface area contributed by atoms with E-state index in [1.54, 1.807) is 30.3 Å². The van der Waals surface area contributed by atoms with Crippen LogP contribution in [0, 0.1) is 5.82 Å². The summed E-state index contributed by atoms with van der Waals surface area (Å²) in [6.07, 6.45) is 0. The Morgan fingerprint density at radius 1 is 1.00 bits per heavy atom. The fraction of sp³-hybridized carbons (Fsp3) is 0.0625. The number of ether oxygens (including phenoxy) is 1. The Hall–Kier alpha value is -3.22. The van der Waals surface area contributed by atoms with Crippen LogP contribution in [0.2, 0.25) is 0 Å². The Bertz CT molecular complexity index is 914. The molecule has 0 radical (unpaired) electrons. The number of aromatic amines is 2. The van der Waals surface area contributed by atoms with E-state index in [0.29, 0.717) is 17.0 Å². The lowest BCUT2D eigenvalue weighted by Gasteiger charge is -2.06. The number of hydrogen-bond acceptors (Lipinski definition) is 4. The Morgan fingerprint density at radius 3 is 2.52 bits per heavy atom. The van der Waals surface area contributed by atoms with Crippen molar-refractivity contribution in [1.82, 2.24) is 10.2 Å². The quantitative estimate of drug-likeness (QED) is 0.715. The first-order valence-electron chi connectivity index (χ1n) is 6.81. The van der Waals surface area contributed by atoms with Gasteiger partial charge in [-0.05, 0) is 24.3 Å². The van der Waals surface area contributed by atoms with Crippen molar-refractivity contribution in [1.29, 1.82) is 0 Å². The number of H-pyrrole nitrogens is 2. The van der Waals surface area contributed by atoms with Crippen molar-refractivity contribution in [2.24, 2.45) is 10.2 Å². The number of methoxy groups -OCH3 is 1. The summed E-state index contributed by atoms with van der Waals surface area (Å²) >= 11 is 0. The summed E-state index contributed by atoms with van der Waals surface area (Å²) in [5, 5.41) is 12.9. The number of hydrogen-bond donors (Lipinski definition) is 2. The molecule has 1 aromatic heterocycles. The zero-order valence-corrected chi connectivity index (χ0v) is 12.2. The van der Waals surface area contributed by atoms with E-state index in [1.165, 1.54) is 19.2 Å². The van der Waals surface area contributed by atoms with Gasteiger partial charge in [0.1, 0.15) is 11.4 Å². The standard InChI is InChI=1S/C16H13FN4O2/c1-23-13-9-5-2-6-10(13)14-15(16(22)21-19-14)20-18-12-8-4-3-7-11(12)17/h2-9H,1H3,(H2,19,21,22). The summed E-state index contributed by atoms with van der Waals surface area (Å²) in [4.78, 5) is 11.9. The highest BCUT2D eigenvalue weighted by molar-refractivity contribution is 5.76. The molecular formula is C16H13FN4O2. The second kappa shape index (κ2) is 6.27. The van der Waals surface area contributed by atoms with E-state index in [4.69, 9.17) is 4.74 Å². The van der Waals surface area contributed by atoms with Gasteiger partial charge in [0, 0.05) is 5.56 Å². The molecule has 0 saturated carbocycles. The molecule has 2 aromatic carbocycles. The maximum Gasteiger partial charge on any atom is 0.292 e. The largest absolute Gasteiger partial charge is 0.496 e. The van der Waals surface area contributed by atoms with Crippen molar-refractivity contribution in [3.8, 4) is 17.0 Å². The first kappa shape index (κ1) is 14.7. The predicted molar refractivity (Wildman–Crippen MR) is 84.0 cm³/mol. The van der Waals surface area contributed by atoms with E-state index >= 15 is 0 Å². The molecule has 0 bridgehead atoms. The maximum atomic E-state index is 13.6. The average molecular weight is 312 g/mol. The Balaban J connectivity index is 2.07. The second-order valence-corrected chi connectivity index (χ2v) is 4.65. The fourth-order valence-electron chi connectivity index (χ4n) is 2.13. The third-order valence-electron chi connectivity index (χ3n) is 3.24. The van der Waals surface area contributed by atoms with Gasteiger partial charge >= 0.3 is 0 Å². The molecule has 3 rings (SSSR count). The van der Waals surface area contributed by atoms with Gasteiger partial charge in [0.25, 0.3) is 5.56 Å². The molecule has 0 unspecified atom stereocenters. The van der Waals surface area contributed by atoms with Crippen LogP contribution in [0.25, 0.3) is 11.3 Å². The van der Waals surface area contributed by atoms with Crippen LogP contribution in [-0.2, 0) is 0 Å². The molecule has 0 fully saturated rings. The van der Waals surface area contributed by atoms with Crippen molar-refractivity contribution in [3.63, 3.8) is 0 Å². The summed E-state index contributed by atoms with van der Waals surface area (Å²) in [6, 6.07) is 13.1. The topological polar surface area (TPSA) is 82.6 Å². The summed E-state index contributed by atoms with van der Waals surface area (Å²) in [5.41, 5.74) is 0.728. The first-order valence-corrected chi connectivity index (χ1v) is 6.81. The molecule has 0 aliphatic rings. The van der Waals surface area contributed by atoms with Crippen molar-refractivity contribution in [2.45, 2.75) is 0 Å². The predicted octanol–water partition coefficient (Wildman–Crippen LogP) is 3.93. The van der Waals surface area contributed by atoms with Crippen molar-refractivity contribution < 1.29 is 9.13 Å². The van der Waals surface area contributed by atoms with E-state index in [-0.39, 0.29) is 11.4 Å². The van der Waals surface area contributed by atoms with Gasteiger partial charge in [0.2, 0.25) is 0 Å². The smallest absolute Gasteiger partial charge is 0.292 e. The zero-order valence-electron chi connectivity index (χ0n) is 12.2. The number of halogens is 1. The molecule has 3 aromatic rings. The minimum atomic E-state index is -0.512. The Kier molecular flexibility index (Phi) is 4.01. The molecule has 0 aliphatic heterocycles. The van der Waals surface area contributed by atoms with E-state index in [2.05, 4.69) is 20.4 Å². The molecule has 0 amide bonds. The van der Waals surface area contributed by atoms with Crippen molar-refractivity contribution in [3.05, 3.63) is 64.7 Å². The molecule has 116 valence electrons. The van der Waals surface area contributed by atoms with Crippen LogP contribution >= 0.6 is 0 Å². The number of rotatable bonds is 4. The van der Waals surface area contributed by atoms with Gasteiger partial charge < -0.3 is 4.74 Å². The number of nitrogens with one attached hydrogen (secondary N) is 2. The third-order valence-corrected chi connectivity index (χ3v) is 3.24. The normalized spacial score (nSPS) is 11.0.